The van der Waals surface area contributed by atoms with E-state index in [-0.39, 0.29) is 56.4 Å². The lowest BCUT2D eigenvalue weighted by atomic mass is 9.88. The molecule has 410 valence electrons. The van der Waals surface area contributed by atoms with Crippen LogP contribution in [-0.4, -0.2) is 56.2 Å². The van der Waals surface area contributed by atoms with Crippen molar-refractivity contribution in [3.05, 3.63) is 149 Å². The number of nitrogens with two attached hydrogens (primary N) is 1. The quantitative estimate of drug-likeness (QED) is 0.0774. The summed E-state index contributed by atoms with van der Waals surface area (Å²) < 4.78 is 11.9. The summed E-state index contributed by atoms with van der Waals surface area (Å²) >= 11 is 1.62. The average Bonchev–Trinajstić information content (AvgIpc) is 4.15. The molecular weight excluding hydrogens is 999 g/mol. The Morgan fingerprint density at radius 1 is 0.603 bits per heavy atom. The highest BCUT2D eigenvalue weighted by Crippen LogP contribution is 2.31. The molecular formula is C64H75N5O8S. The number of benzene rings is 4. The van der Waals surface area contributed by atoms with Gasteiger partial charge in [-0.15, -0.1) is 11.3 Å². The van der Waals surface area contributed by atoms with Crippen LogP contribution in [0.2, 0.25) is 0 Å². The zero-order valence-electron chi connectivity index (χ0n) is 47.5. The van der Waals surface area contributed by atoms with E-state index in [1.54, 1.807) is 55.0 Å². The summed E-state index contributed by atoms with van der Waals surface area (Å²) in [6.45, 7) is 25.1. The second-order valence-electron chi connectivity index (χ2n) is 23.9. The zero-order chi connectivity index (χ0) is 57.5. The monoisotopic (exact) mass is 1070 g/mol. The number of phenols is 1. The molecule has 9 rings (SSSR count). The molecule has 5 aromatic heterocycles. The minimum absolute atomic E-state index is 0.171. The van der Waals surface area contributed by atoms with Crippen molar-refractivity contribution in [2.45, 2.75) is 116 Å². The predicted octanol–water partition coefficient (Wildman–Crippen LogP) is 14.6. The number of nitrogens with zero attached hydrogens (tertiary/aromatic N) is 1. The van der Waals surface area contributed by atoms with Crippen LogP contribution in [0.1, 0.15) is 121 Å². The summed E-state index contributed by atoms with van der Waals surface area (Å²) in [6, 6.07) is 33.6. The first-order valence-corrected chi connectivity index (χ1v) is 26.8. The van der Waals surface area contributed by atoms with Crippen molar-refractivity contribution in [1.82, 2.24) is 15.0 Å². The van der Waals surface area contributed by atoms with Crippen LogP contribution >= 0.6 is 11.3 Å². The van der Waals surface area contributed by atoms with Gasteiger partial charge in [0.25, 0.3) is 5.91 Å². The number of nitrogens with one attached hydrogen (secondary N) is 3. The first-order valence-electron chi connectivity index (χ1n) is 26.0. The highest BCUT2D eigenvalue weighted by atomic mass is 32.1. The maximum atomic E-state index is 12.3. The fraction of sp³-hybridized carbons (Fsp3) is 0.344. The third-order valence-electron chi connectivity index (χ3n) is 12.9. The van der Waals surface area contributed by atoms with Crippen LogP contribution in [0, 0.1) is 28.6 Å². The van der Waals surface area contributed by atoms with Gasteiger partial charge >= 0.3 is 0 Å². The normalized spacial score (nSPS) is 11.8. The number of thiophene rings is 1. The minimum atomic E-state index is -0.372. The number of fused-ring (bicyclic) bond motifs is 4. The molecule has 0 saturated heterocycles. The Morgan fingerprint density at radius 2 is 1.17 bits per heavy atom. The molecule has 78 heavy (non-hydrogen) atoms. The molecule has 0 unspecified atom stereocenters. The van der Waals surface area contributed by atoms with E-state index in [4.69, 9.17) is 14.9 Å². The number of Topliss-reactive ketones (excluding diaryl/α,β-unsaturated/α-hetero) is 4. The molecule has 0 spiro atoms. The Bertz CT molecular complexity index is 3500. The number of hydrogen-bond acceptors (Lipinski definition) is 11. The molecule has 1 amide bonds. The van der Waals surface area contributed by atoms with Gasteiger partial charge in [-0.05, 0) is 109 Å². The lowest BCUT2D eigenvalue weighted by Gasteiger charge is -2.15. The lowest BCUT2D eigenvalue weighted by molar-refractivity contribution is -0.126. The molecule has 6 N–H and O–H groups in total. The number of hydrogen-bond donors (Lipinski definition) is 5. The molecule has 4 aromatic carbocycles. The second kappa shape index (κ2) is 24.2. The van der Waals surface area contributed by atoms with E-state index in [2.05, 4.69) is 20.3 Å². The smallest absolute Gasteiger partial charge is 0.256 e. The summed E-state index contributed by atoms with van der Waals surface area (Å²) in [7, 11) is 1.65. The number of methoxy groups -OCH3 is 1. The van der Waals surface area contributed by atoms with Crippen molar-refractivity contribution in [3.63, 3.8) is 0 Å². The molecule has 0 radical (unpaired) electrons. The molecule has 5 heterocycles. The molecule has 13 nitrogen and oxygen atoms in total. The maximum Gasteiger partial charge on any atom is 0.256 e. The van der Waals surface area contributed by atoms with Gasteiger partial charge < -0.3 is 35.3 Å². The fourth-order valence-electron chi connectivity index (χ4n) is 7.64. The molecule has 0 aliphatic rings. The Labute approximate surface area is 461 Å². The Hall–Kier alpha value is -7.84. The highest BCUT2D eigenvalue weighted by Gasteiger charge is 2.25. The number of aromatic hydroxyl groups is 1. The summed E-state index contributed by atoms with van der Waals surface area (Å²) in [5.74, 6) is 2.90. The zero-order valence-corrected chi connectivity index (χ0v) is 48.4. The summed E-state index contributed by atoms with van der Waals surface area (Å²) in [6.07, 6.45) is 3.27. The molecule has 0 bridgehead atoms. The number of phenolic OH excluding ortho intramolecular Hbond substituents is 1. The van der Waals surface area contributed by atoms with Crippen LogP contribution in [0.25, 0.3) is 42.9 Å². The van der Waals surface area contributed by atoms with Crippen molar-refractivity contribution in [1.29, 1.82) is 0 Å². The van der Waals surface area contributed by atoms with Gasteiger partial charge in [-0.2, -0.15) is 0 Å². The molecule has 0 fully saturated rings. The molecule has 14 heteroatoms. The minimum Gasteiger partial charge on any atom is -0.508 e. The van der Waals surface area contributed by atoms with E-state index in [1.165, 1.54) is 0 Å². The molecule has 0 atom stereocenters. The highest BCUT2D eigenvalue weighted by molar-refractivity contribution is 7.19. The van der Waals surface area contributed by atoms with Crippen molar-refractivity contribution in [2.75, 3.05) is 18.2 Å². The van der Waals surface area contributed by atoms with Crippen LogP contribution in [-0.2, 0) is 44.9 Å². The van der Waals surface area contributed by atoms with Gasteiger partial charge in [0.1, 0.15) is 51.8 Å². The predicted molar refractivity (Wildman–Crippen MR) is 317 cm³/mol. The topological polar surface area (TPSA) is 210 Å². The lowest BCUT2D eigenvalue weighted by Crippen LogP contribution is -2.22. The standard InChI is InChI=1S/C21H23N3O2.C15H19NO2.C14H17NO2.C14H16O2S/c1-13-5-7-14(8-6-13)20(26)24-19-10-15-9-16(23-17(15)12-22-19)11-18(25)21(2,3)4;1-15(2,3)14(17)9-11-7-10-8-12(18-4)5-6-13(10)16-11;2*1-14(2,3)13(16)8-11-7-9-6-10(15)4-5-12(9)17-11/h5-10,12,23H,11H2,1-4H3,(H,22,24,26);5-8,16H,9H2,1-4H3;4-7H,8,15H2,1-3H3;4-7,15H,8H2,1-3H3. The molecule has 0 aliphatic heterocycles. The van der Waals surface area contributed by atoms with Crippen LogP contribution in [0.5, 0.6) is 11.5 Å². The summed E-state index contributed by atoms with van der Waals surface area (Å²) in [5, 5.41) is 16.1. The number of aromatic nitrogens is 3. The van der Waals surface area contributed by atoms with Crippen LogP contribution < -0.4 is 15.8 Å². The van der Waals surface area contributed by atoms with Crippen molar-refractivity contribution < 1.29 is 38.2 Å². The molecule has 0 saturated carbocycles. The van der Waals surface area contributed by atoms with E-state index in [9.17, 15) is 29.1 Å². The van der Waals surface area contributed by atoms with Crippen molar-refractivity contribution in [2.24, 2.45) is 21.7 Å². The second-order valence-corrected chi connectivity index (χ2v) is 25.0. The van der Waals surface area contributed by atoms with Crippen LogP contribution in [0.3, 0.4) is 0 Å². The van der Waals surface area contributed by atoms with Gasteiger partial charge in [-0.1, -0.05) is 101 Å². The van der Waals surface area contributed by atoms with Gasteiger partial charge in [0, 0.05) is 94.8 Å². The van der Waals surface area contributed by atoms with E-state index >= 15 is 0 Å². The first-order chi connectivity index (χ1) is 36.3. The molecule has 0 aliphatic carbocycles. The van der Waals surface area contributed by atoms with Crippen LogP contribution in [0.15, 0.2) is 120 Å². The number of H-pyrrole nitrogens is 2. The number of furan rings is 1. The number of aromatic amines is 2. The van der Waals surface area contributed by atoms with Gasteiger partial charge in [0.15, 0.2) is 0 Å². The van der Waals surface area contributed by atoms with Gasteiger partial charge in [0.05, 0.1) is 25.2 Å². The largest absolute Gasteiger partial charge is 0.508 e. The third-order valence-corrected chi connectivity index (χ3v) is 14.0. The number of aryl methyl sites for hydroxylation is 1. The number of carbonyl (C=O) groups excluding carboxylic acids is 5. The first kappa shape index (κ1) is 59.4. The Morgan fingerprint density at radius 3 is 1.76 bits per heavy atom. The summed E-state index contributed by atoms with van der Waals surface area (Å²) in [5.41, 5.74) is 11.2. The van der Waals surface area contributed by atoms with E-state index in [1.807, 2.05) is 169 Å². The summed E-state index contributed by atoms with van der Waals surface area (Å²) in [4.78, 5) is 72.2. The number of rotatable bonds is 11. The average molecular weight is 1070 g/mol. The van der Waals surface area contributed by atoms with Crippen molar-refractivity contribution >= 4 is 94.7 Å². The number of carbonyl (C=O) groups is 5. The SMILES string of the molecule is CC(C)(C)C(=O)Cc1cc2cc(N)ccc2o1.CC(C)(C)C(=O)Cc1cc2cc(O)ccc2s1.COc1ccc2[nH]c(CC(=O)C(C)(C)C)cc2c1.Cc1ccc(C(=O)Nc2cc3cc(CC(=O)C(C)(C)C)[nH]c3cn2)cc1. The Kier molecular flexibility index (Phi) is 18.5. The van der Waals surface area contributed by atoms with Gasteiger partial charge in [0.2, 0.25) is 0 Å². The van der Waals surface area contributed by atoms with E-state index < -0.39 is 0 Å². The molecule has 9 aromatic rings. The van der Waals surface area contributed by atoms with Gasteiger partial charge in [-0.3, -0.25) is 24.0 Å². The van der Waals surface area contributed by atoms with Crippen molar-refractivity contribution in [3.8, 4) is 11.5 Å². The van der Waals surface area contributed by atoms with E-state index in [0.717, 1.165) is 70.4 Å². The number of ether oxygens (including phenoxy) is 1. The Balaban J connectivity index is 0.000000171. The number of amides is 1. The fourth-order valence-corrected chi connectivity index (χ4v) is 8.68. The van der Waals surface area contributed by atoms with E-state index in [0.29, 0.717) is 48.5 Å². The number of anilines is 2. The van der Waals surface area contributed by atoms with Crippen LogP contribution in [0.4, 0.5) is 11.5 Å². The van der Waals surface area contributed by atoms with Gasteiger partial charge in [-0.25, -0.2) is 4.98 Å². The third kappa shape index (κ3) is 16.6. The number of pyridine rings is 1. The maximum absolute atomic E-state index is 12.3. The number of ketones is 4. The number of nitrogen functional groups attached to an aromatic ring is 1.